The summed E-state index contributed by atoms with van der Waals surface area (Å²) in [5.74, 6) is -2.88. The van der Waals surface area contributed by atoms with Gasteiger partial charge in [-0.2, -0.15) is 13.2 Å². The van der Waals surface area contributed by atoms with Gasteiger partial charge in [-0.15, -0.1) is 0 Å². The predicted molar refractivity (Wildman–Crippen MR) is 95.5 cm³/mol. The Bertz CT molecular complexity index is 879. The Morgan fingerprint density at radius 2 is 1.71 bits per heavy atom. The van der Waals surface area contributed by atoms with E-state index in [1.165, 1.54) is 18.2 Å². The third-order valence-corrected chi connectivity index (χ3v) is 4.08. The molecule has 0 unspecified atom stereocenters. The summed E-state index contributed by atoms with van der Waals surface area (Å²) in [5, 5.41) is 3.89. The molecule has 2 rings (SSSR count). The van der Waals surface area contributed by atoms with E-state index in [9.17, 15) is 22.8 Å². The van der Waals surface area contributed by atoms with Gasteiger partial charge in [-0.3, -0.25) is 10.1 Å². The Morgan fingerprint density at radius 1 is 1.07 bits per heavy atom. The minimum atomic E-state index is -5.20. The molecule has 0 saturated heterocycles. The molecule has 28 heavy (non-hydrogen) atoms. The van der Waals surface area contributed by atoms with Crippen LogP contribution in [0, 0.1) is 20.8 Å². The lowest BCUT2D eigenvalue weighted by Crippen LogP contribution is -2.69. The number of halogens is 3. The lowest BCUT2D eigenvalue weighted by atomic mass is 10.1. The van der Waals surface area contributed by atoms with Crippen LogP contribution in [0.3, 0.4) is 0 Å². The van der Waals surface area contributed by atoms with Gasteiger partial charge < -0.3 is 4.74 Å². The average molecular weight is 396 g/mol. The van der Waals surface area contributed by atoms with Crippen molar-refractivity contribution in [3.05, 3.63) is 58.8 Å². The lowest BCUT2D eigenvalue weighted by Gasteiger charge is -2.30. The molecule has 0 aliphatic heterocycles. The number of amides is 1. The second-order valence-electron chi connectivity index (χ2n) is 6.39. The maximum absolute atomic E-state index is 14.1. The number of H-pyrrole nitrogens is 1. The fraction of sp³-hybridized carbons (Fsp3) is 0.316. The van der Waals surface area contributed by atoms with Crippen LogP contribution in [-0.4, -0.2) is 30.8 Å². The monoisotopic (exact) mass is 396 g/mol. The molecule has 0 aliphatic rings. The maximum atomic E-state index is 14.1. The van der Waals surface area contributed by atoms with Crippen LogP contribution in [0.15, 0.2) is 36.4 Å². The molecule has 1 atom stereocenters. The minimum absolute atomic E-state index is 0.00577. The highest BCUT2D eigenvalue weighted by Crippen LogP contribution is 2.33. The number of pyridine rings is 1. The Hall–Kier alpha value is -3.10. The summed E-state index contributed by atoms with van der Waals surface area (Å²) < 4.78 is 46.6. The van der Waals surface area contributed by atoms with Gasteiger partial charge >= 0.3 is 17.8 Å². The number of alkyl halides is 3. The van der Waals surface area contributed by atoms with Gasteiger partial charge in [0.25, 0.3) is 11.7 Å². The topological polar surface area (TPSA) is 81.6 Å². The van der Waals surface area contributed by atoms with Gasteiger partial charge in [-0.05, 0) is 44.0 Å². The number of ether oxygens (including phenoxy) is 1. The van der Waals surface area contributed by atoms with E-state index in [1.54, 1.807) is 44.3 Å². The second-order valence-corrected chi connectivity index (χ2v) is 6.39. The molecule has 0 saturated carbocycles. The van der Waals surface area contributed by atoms with Crippen LogP contribution in [0.4, 0.5) is 19.0 Å². The molecule has 0 fully saturated rings. The van der Waals surface area contributed by atoms with E-state index >= 15 is 0 Å². The van der Waals surface area contributed by atoms with Gasteiger partial charge in [-0.1, -0.05) is 18.2 Å². The van der Waals surface area contributed by atoms with E-state index in [2.05, 4.69) is 15.0 Å². The van der Waals surface area contributed by atoms with Crippen molar-refractivity contribution >= 4 is 17.7 Å². The van der Waals surface area contributed by atoms with Crippen molar-refractivity contribution < 1.29 is 32.5 Å². The number of anilines is 1. The largest absolute Gasteiger partial charge is 0.464 e. The van der Waals surface area contributed by atoms with E-state index in [-0.39, 0.29) is 11.4 Å². The highest BCUT2D eigenvalue weighted by Gasteiger charge is 2.67. The summed E-state index contributed by atoms with van der Waals surface area (Å²) in [6.45, 7) is 4.91. The summed E-state index contributed by atoms with van der Waals surface area (Å²) in [4.78, 5) is 27.6. The number of rotatable bonds is 5. The van der Waals surface area contributed by atoms with Crippen molar-refractivity contribution in [2.75, 3.05) is 12.4 Å². The molecule has 150 valence electrons. The highest BCUT2D eigenvalue weighted by atomic mass is 19.4. The molecule has 0 bridgehead atoms. The number of carbonyl (C=O) groups is 2. The zero-order valence-corrected chi connectivity index (χ0v) is 15.8. The quantitative estimate of drug-likeness (QED) is 0.602. The predicted octanol–water partition coefficient (Wildman–Crippen LogP) is 2.70. The van der Waals surface area contributed by atoms with Crippen molar-refractivity contribution in [1.29, 1.82) is 0 Å². The molecular formula is C19H21F3N3O3+. The van der Waals surface area contributed by atoms with Crippen molar-refractivity contribution in [1.82, 2.24) is 5.32 Å². The molecule has 0 aliphatic carbocycles. The number of aromatic amines is 1. The zero-order chi connectivity index (χ0) is 21.1. The lowest BCUT2D eigenvalue weighted by molar-refractivity contribution is -0.372. The molecule has 3 N–H and O–H groups in total. The number of carbonyl (C=O) groups excluding carboxylic acids is 2. The Balaban J connectivity index is 2.56. The third-order valence-electron chi connectivity index (χ3n) is 4.08. The van der Waals surface area contributed by atoms with Crippen LogP contribution in [-0.2, 0) is 9.53 Å². The molecule has 0 spiro atoms. The summed E-state index contributed by atoms with van der Waals surface area (Å²) in [7, 11) is 0.815. The first kappa shape index (κ1) is 21.2. The molecular weight excluding hydrogens is 375 g/mol. The van der Waals surface area contributed by atoms with Crippen molar-refractivity contribution in [2.24, 2.45) is 0 Å². The SMILES string of the molecule is COC(=O)[C@](NC(=O)c1ccccc1C)(Nc1cc(C)cc(C)[nH+]1)C(F)(F)F. The molecule has 2 aromatic rings. The van der Waals surface area contributed by atoms with Crippen LogP contribution in [0.25, 0.3) is 0 Å². The smallest absolute Gasteiger partial charge is 0.464 e. The normalized spacial score (nSPS) is 13.4. The number of aromatic nitrogens is 1. The Kier molecular flexibility index (Phi) is 5.96. The van der Waals surface area contributed by atoms with E-state index in [0.29, 0.717) is 16.8 Å². The molecule has 0 radical (unpaired) electrons. The van der Waals surface area contributed by atoms with Crippen molar-refractivity contribution in [3.63, 3.8) is 0 Å². The third kappa shape index (κ3) is 4.24. The highest BCUT2D eigenvalue weighted by molar-refractivity contribution is 6.00. The first-order valence-electron chi connectivity index (χ1n) is 8.32. The number of hydrogen-bond acceptors (Lipinski definition) is 4. The molecule has 1 aromatic heterocycles. The first-order valence-corrected chi connectivity index (χ1v) is 8.32. The summed E-state index contributed by atoms with van der Waals surface area (Å²) in [5.41, 5.74) is -1.80. The van der Waals surface area contributed by atoms with Crippen LogP contribution < -0.4 is 15.6 Å². The Labute approximate surface area is 160 Å². The Morgan fingerprint density at radius 3 is 2.25 bits per heavy atom. The maximum Gasteiger partial charge on any atom is 0.464 e. The zero-order valence-electron chi connectivity index (χ0n) is 15.8. The van der Waals surface area contributed by atoms with Crippen LogP contribution in [0.1, 0.15) is 27.2 Å². The van der Waals surface area contributed by atoms with Gasteiger partial charge in [0.1, 0.15) is 0 Å². The summed E-state index contributed by atoms with van der Waals surface area (Å²) in [6.07, 6.45) is -5.20. The fourth-order valence-electron chi connectivity index (χ4n) is 2.77. The van der Waals surface area contributed by atoms with Gasteiger partial charge in [0.05, 0.1) is 12.8 Å². The number of aryl methyl sites for hydroxylation is 3. The first-order chi connectivity index (χ1) is 13.0. The minimum Gasteiger partial charge on any atom is -0.464 e. The molecule has 6 nitrogen and oxygen atoms in total. The van der Waals surface area contributed by atoms with Gasteiger partial charge in [0.15, 0.2) is 0 Å². The molecule has 1 aromatic carbocycles. The summed E-state index contributed by atoms with van der Waals surface area (Å²) >= 11 is 0. The summed E-state index contributed by atoms with van der Waals surface area (Å²) in [6, 6.07) is 9.20. The van der Waals surface area contributed by atoms with Crippen molar-refractivity contribution in [2.45, 2.75) is 32.6 Å². The van der Waals surface area contributed by atoms with Crippen LogP contribution in [0.5, 0.6) is 0 Å². The average Bonchev–Trinajstić information content (AvgIpc) is 2.58. The second kappa shape index (κ2) is 7.87. The standard InChI is InChI=1S/C19H20F3N3O3/c1-11-9-13(3)23-15(10-11)24-18(17(27)28-4,19(20,21)22)25-16(26)14-8-6-5-7-12(14)2/h5-10H,1-4H3,(H,23,24)(H,25,26)/p+1/t18-/m1/s1. The van der Waals surface area contributed by atoms with E-state index < -0.39 is 23.7 Å². The van der Waals surface area contributed by atoms with Crippen molar-refractivity contribution in [3.8, 4) is 0 Å². The number of benzene rings is 1. The number of methoxy groups -OCH3 is 1. The number of hydrogen-bond donors (Lipinski definition) is 2. The van der Waals surface area contributed by atoms with E-state index in [0.717, 1.165) is 7.11 Å². The van der Waals surface area contributed by atoms with Gasteiger partial charge in [0.2, 0.25) is 0 Å². The fourth-order valence-corrected chi connectivity index (χ4v) is 2.77. The molecule has 9 heteroatoms. The van der Waals surface area contributed by atoms with E-state index in [1.807, 2.05) is 0 Å². The molecule has 1 heterocycles. The molecule has 1 amide bonds. The van der Waals surface area contributed by atoms with Gasteiger partial charge in [-0.25, -0.2) is 15.1 Å². The van der Waals surface area contributed by atoms with Crippen LogP contribution >= 0.6 is 0 Å². The number of esters is 1. The van der Waals surface area contributed by atoms with Crippen LogP contribution in [0.2, 0.25) is 0 Å². The number of nitrogens with one attached hydrogen (secondary N) is 3. The van der Waals surface area contributed by atoms with E-state index in [4.69, 9.17) is 0 Å². The van der Waals surface area contributed by atoms with Gasteiger partial charge in [0, 0.05) is 11.6 Å².